The van der Waals surface area contributed by atoms with Crippen molar-refractivity contribution in [1.82, 2.24) is 0 Å². The van der Waals surface area contributed by atoms with Gasteiger partial charge in [0.05, 0.1) is 12.5 Å². The van der Waals surface area contributed by atoms with Gasteiger partial charge in [0.25, 0.3) is 0 Å². The average Bonchev–Trinajstić information content (AvgIpc) is 2.30. The predicted octanol–water partition coefficient (Wildman–Crippen LogP) is 3.14. The minimum Gasteiger partial charge on any atom is -0.473 e. The molecule has 3 heteroatoms. The minimum atomic E-state index is 0.164. The quantitative estimate of drug-likeness (QED) is 0.579. The van der Waals surface area contributed by atoms with Crippen molar-refractivity contribution < 1.29 is 14.9 Å². The predicted molar refractivity (Wildman–Crippen MR) is 70.5 cm³/mol. The Morgan fingerprint density at radius 3 is 1.53 bits per heavy atom. The molecule has 0 aromatic carbocycles. The molecule has 0 rings (SSSR count). The lowest BCUT2D eigenvalue weighted by molar-refractivity contribution is 0.290. The minimum absolute atomic E-state index is 0.164. The third-order valence-corrected chi connectivity index (χ3v) is 2.48. The van der Waals surface area contributed by atoms with E-state index < -0.39 is 0 Å². The Bertz CT molecular complexity index is 192. The lowest BCUT2D eigenvalue weighted by Gasteiger charge is -2.06. The van der Waals surface area contributed by atoms with Gasteiger partial charge in [0.15, 0.2) is 0 Å². The van der Waals surface area contributed by atoms with E-state index in [1.54, 1.807) is 12.5 Å². The Morgan fingerprint density at radius 1 is 0.824 bits per heavy atom. The summed E-state index contributed by atoms with van der Waals surface area (Å²) in [5, 5.41) is 17.8. The van der Waals surface area contributed by atoms with Gasteiger partial charge in [-0.3, -0.25) is 0 Å². The second-order valence-corrected chi connectivity index (χ2v) is 4.14. The van der Waals surface area contributed by atoms with E-state index in [0.29, 0.717) is 12.8 Å². The normalized spacial score (nSPS) is 12.9. The van der Waals surface area contributed by atoms with Crippen molar-refractivity contribution in [2.45, 2.75) is 52.4 Å². The Morgan fingerprint density at radius 2 is 1.24 bits per heavy atom. The molecular weight excluding hydrogens is 216 g/mol. The van der Waals surface area contributed by atoms with E-state index in [-0.39, 0.29) is 13.2 Å². The van der Waals surface area contributed by atoms with Gasteiger partial charge >= 0.3 is 0 Å². The zero-order valence-corrected chi connectivity index (χ0v) is 11.1. The number of hydrogen-bond acceptors (Lipinski definition) is 3. The summed E-state index contributed by atoms with van der Waals surface area (Å²) < 4.78 is 5.42. The van der Waals surface area contributed by atoms with Crippen LogP contribution in [0.5, 0.6) is 0 Å². The van der Waals surface area contributed by atoms with E-state index in [1.807, 2.05) is 0 Å². The van der Waals surface area contributed by atoms with Crippen molar-refractivity contribution in [3.63, 3.8) is 0 Å². The van der Waals surface area contributed by atoms with Gasteiger partial charge in [-0.25, -0.2) is 0 Å². The van der Waals surface area contributed by atoms with Crippen molar-refractivity contribution >= 4 is 0 Å². The number of rotatable bonds is 10. The van der Waals surface area contributed by atoms with Gasteiger partial charge in [-0.1, -0.05) is 26.7 Å². The van der Waals surface area contributed by atoms with E-state index in [4.69, 9.17) is 14.9 Å². The summed E-state index contributed by atoms with van der Waals surface area (Å²) >= 11 is 0. The summed E-state index contributed by atoms with van der Waals surface area (Å²) in [4.78, 5) is 0. The monoisotopic (exact) mass is 242 g/mol. The summed E-state index contributed by atoms with van der Waals surface area (Å²) in [6.07, 6.45) is 8.82. The molecule has 0 aromatic rings. The van der Waals surface area contributed by atoms with Gasteiger partial charge in [-0.2, -0.15) is 0 Å². The summed E-state index contributed by atoms with van der Waals surface area (Å²) in [6.45, 7) is 4.54. The molecular formula is C14H26O3. The lowest BCUT2D eigenvalue weighted by Crippen LogP contribution is -1.92. The number of aliphatic hydroxyl groups is 2. The average molecular weight is 242 g/mol. The fourth-order valence-corrected chi connectivity index (χ4v) is 1.64. The third kappa shape index (κ3) is 8.95. The highest BCUT2D eigenvalue weighted by atomic mass is 16.5. The first-order valence-corrected chi connectivity index (χ1v) is 6.51. The maximum Gasteiger partial charge on any atom is 0.0894 e. The first kappa shape index (κ1) is 16.2. The summed E-state index contributed by atoms with van der Waals surface area (Å²) in [6, 6.07) is 0. The maximum atomic E-state index is 8.90. The highest BCUT2D eigenvalue weighted by molar-refractivity contribution is 5.02. The first-order valence-electron chi connectivity index (χ1n) is 6.51. The van der Waals surface area contributed by atoms with Crippen LogP contribution in [0.3, 0.4) is 0 Å². The van der Waals surface area contributed by atoms with E-state index in [2.05, 4.69) is 13.8 Å². The molecule has 0 aliphatic carbocycles. The van der Waals surface area contributed by atoms with Gasteiger partial charge in [0.2, 0.25) is 0 Å². The zero-order chi connectivity index (χ0) is 12.9. The Balaban J connectivity index is 4.25. The van der Waals surface area contributed by atoms with Crippen molar-refractivity contribution in [3.8, 4) is 0 Å². The molecule has 3 nitrogen and oxygen atoms in total. The molecule has 0 bridgehead atoms. The standard InChI is InChI=1S/C14H26O3/c1-3-5-13(7-9-15)11-17-12-14(6-4-2)8-10-16/h11-12,15-16H,3-10H2,1-2H3. The van der Waals surface area contributed by atoms with Crippen LogP contribution in [0.2, 0.25) is 0 Å². The largest absolute Gasteiger partial charge is 0.473 e. The molecule has 0 saturated heterocycles. The van der Waals surface area contributed by atoms with Gasteiger partial charge < -0.3 is 14.9 Å². The lowest BCUT2D eigenvalue weighted by atomic mass is 10.1. The van der Waals surface area contributed by atoms with Crippen LogP contribution in [0.25, 0.3) is 0 Å². The number of aliphatic hydroxyl groups excluding tert-OH is 2. The third-order valence-electron chi connectivity index (χ3n) is 2.48. The molecule has 0 spiro atoms. The molecule has 0 saturated carbocycles. The van der Waals surface area contributed by atoms with E-state index >= 15 is 0 Å². The number of ether oxygens (including phenoxy) is 1. The molecule has 0 fully saturated rings. The second kappa shape index (κ2) is 11.7. The number of hydrogen-bond donors (Lipinski definition) is 2. The van der Waals surface area contributed by atoms with Crippen LogP contribution in [0.4, 0.5) is 0 Å². The molecule has 0 atom stereocenters. The van der Waals surface area contributed by atoms with Gasteiger partial charge in [-0.05, 0) is 36.8 Å². The van der Waals surface area contributed by atoms with Gasteiger partial charge in [0.1, 0.15) is 0 Å². The van der Waals surface area contributed by atoms with Crippen molar-refractivity contribution in [2.24, 2.45) is 0 Å². The molecule has 0 radical (unpaired) electrons. The maximum absolute atomic E-state index is 8.90. The summed E-state index contributed by atoms with van der Waals surface area (Å²) in [5.41, 5.74) is 2.26. The van der Waals surface area contributed by atoms with Crippen LogP contribution in [0.1, 0.15) is 52.4 Å². The molecule has 17 heavy (non-hydrogen) atoms. The summed E-state index contributed by atoms with van der Waals surface area (Å²) in [5.74, 6) is 0. The van der Waals surface area contributed by atoms with Crippen LogP contribution in [0.15, 0.2) is 23.7 Å². The van der Waals surface area contributed by atoms with E-state index in [9.17, 15) is 0 Å². The van der Waals surface area contributed by atoms with Crippen molar-refractivity contribution in [2.75, 3.05) is 13.2 Å². The highest BCUT2D eigenvalue weighted by Gasteiger charge is 1.97. The van der Waals surface area contributed by atoms with Crippen LogP contribution in [0, 0.1) is 0 Å². The van der Waals surface area contributed by atoms with Gasteiger partial charge in [-0.15, -0.1) is 0 Å². The molecule has 0 aliphatic heterocycles. The zero-order valence-electron chi connectivity index (χ0n) is 11.1. The van der Waals surface area contributed by atoms with Crippen LogP contribution < -0.4 is 0 Å². The molecule has 0 unspecified atom stereocenters. The molecule has 0 aromatic heterocycles. The molecule has 2 N–H and O–H groups in total. The SMILES string of the molecule is CCCC(=COC=C(CCC)CCO)CCO. The van der Waals surface area contributed by atoms with Crippen LogP contribution in [-0.4, -0.2) is 23.4 Å². The fourth-order valence-electron chi connectivity index (χ4n) is 1.64. The Kier molecular flexibility index (Phi) is 11.1. The van der Waals surface area contributed by atoms with Crippen molar-refractivity contribution in [3.05, 3.63) is 23.7 Å². The Labute approximate surface area is 105 Å². The summed E-state index contributed by atoms with van der Waals surface area (Å²) in [7, 11) is 0. The smallest absolute Gasteiger partial charge is 0.0894 e. The molecule has 0 amide bonds. The molecule has 0 aliphatic rings. The molecule has 100 valence electrons. The van der Waals surface area contributed by atoms with Crippen LogP contribution >= 0.6 is 0 Å². The topological polar surface area (TPSA) is 49.7 Å². The van der Waals surface area contributed by atoms with E-state index in [0.717, 1.165) is 36.8 Å². The highest BCUT2D eigenvalue weighted by Crippen LogP contribution is 2.12. The van der Waals surface area contributed by atoms with Crippen LogP contribution in [-0.2, 0) is 4.74 Å². The van der Waals surface area contributed by atoms with Gasteiger partial charge in [0, 0.05) is 13.2 Å². The molecule has 0 heterocycles. The van der Waals surface area contributed by atoms with E-state index in [1.165, 1.54) is 0 Å². The second-order valence-electron chi connectivity index (χ2n) is 4.14. The van der Waals surface area contributed by atoms with Crippen molar-refractivity contribution in [1.29, 1.82) is 0 Å². The fraction of sp³-hybridized carbons (Fsp3) is 0.714. The Hall–Kier alpha value is -0.800. The first-order chi connectivity index (χ1) is 8.28.